The number of likely N-dealkylation sites (N-methyl/N-ethyl adjacent to an activating group) is 4. The monoisotopic (exact) mass is 252 g/mol. The van der Waals surface area contributed by atoms with E-state index in [4.69, 9.17) is 0 Å². The second kappa shape index (κ2) is 4.71. The Morgan fingerprint density at radius 3 is 1.44 bits per heavy atom. The Kier molecular flexibility index (Phi) is 3.41. The predicted octanol–water partition coefficient (Wildman–Crippen LogP) is 1.54. The highest BCUT2D eigenvalue weighted by Gasteiger charge is 2.54. The molecule has 2 saturated heterocycles. The lowest BCUT2D eigenvalue weighted by Crippen LogP contribution is -2.45. The minimum absolute atomic E-state index is 0.125. The molecule has 0 aromatic rings. The van der Waals surface area contributed by atoms with Crippen LogP contribution in [0.15, 0.2) is 12.4 Å². The average molecular weight is 252 g/mol. The molecule has 2 atom stereocenters. The Morgan fingerprint density at radius 1 is 0.833 bits per heavy atom. The molecule has 0 aromatic carbocycles. The van der Waals surface area contributed by atoms with Crippen molar-refractivity contribution in [3.05, 3.63) is 12.4 Å². The Morgan fingerprint density at radius 2 is 1.17 bits per heavy atom. The van der Waals surface area contributed by atoms with Gasteiger partial charge in [0.05, 0.1) is 5.82 Å². The number of hydrogen-bond acceptors (Lipinski definition) is 3. The Labute approximate surface area is 110 Å². The zero-order chi connectivity index (χ0) is 13.4. The number of hydrogen-bond donors (Lipinski definition) is 0. The minimum Gasteiger partial charge on any atom is -0.335 e. The van der Waals surface area contributed by atoms with Crippen LogP contribution < -0.4 is 0 Å². The summed E-state index contributed by atoms with van der Waals surface area (Å²) in [7, 11) is 0. The molecule has 0 bridgehead atoms. The Balaban J connectivity index is 2.41. The van der Waals surface area contributed by atoms with E-state index in [0.29, 0.717) is 0 Å². The maximum absolute atomic E-state index is 12.4. The van der Waals surface area contributed by atoms with Crippen LogP contribution in [-0.4, -0.2) is 64.1 Å². The Hall–Kier alpha value is -1.39. The summed E-state index contributed by atoms with van der Waals surface area (Å²) in [5.41, 5.74) is 0. The smallest absolute Gasteiger partial charge is 0.323 e. The minimum atomic E-state index is 0.125. The molecule has 2 aliphatic rings. The van der Waals surface area contributed by atoms with Gasteiger partial charge in [0.1, 0.15) is 12.3 Å². The van der Waals surface area contributed by atoms with Crippen molar-refractivity contribution < 1.29 is 4.79 Å². The maximum atomic E-state index is 12.4. The van der Waals surface area contributed by atoms with E-state index >= 15 is 0 Å². The fourth-order valence-corrected chi connectivity index (χ4v) is 3.23. The van der Waals surface area contributed by atoms with E-state index in [2.05, 4.69) is 30.2 Å². The van der Waals surface area contributed by atoms with Crippen LogP contribution in [0.3, 0.4) is 0 Å². The molecule has 5 heteroatoms. The van der Waals surface area contributed by atoms with Crippen LogP contribution >= 0.6 is 0 Å². The molecular weight excluding hydrogens is 228 g/mol. The van der Waals surface area contributed by atoms with Gasteiger partial charge < -0.3 is 19.6 Å². The third-order valence-electron chi connectivity index (χ3n) is 4.06. The van der Waals surface area contributed by atoms with Crippen molar-refractivity contribution in [2.45, 2.75) is 40.0 Å². The lowest BCUT2D eigenvalue weighted by atomic mass is 10.3. The Bertz CT molecular complexity index is 295. The van der Waals surface area contributed by atoms with Crippen molar-refractivity contribution in [3.8, 4) is 0 Å². The quantitative estimate of drug-likeness (QED) is 0.760. The summed E-state index contributed by atoms with van der Waals surface area (Å²) in [6.07, 6.45) is 0.250. The zero-order valence-electron chi connectivity index (χ0n) is 11.9. The molecule has 0 spiro atoms. The molecule has 5 nitrogen and oxygen atoms in total. The number of amides is 2. The zero-order valence-corrected chi connectivity index (χ0v) is 11.9. The van der Waals surface area contributed by atoms with Crippen LogP contribution in [0.1, 0.15) is 27.7 Å². The SMILES string of the molecule is C=C1N(CC)C2C(N1CC)N(CC)C(=O)N2CC. The highest BCUT2D eigenvalue weighted by Crippen LogP contribution is 2.37. The molecule has 0 aliphatic carbocycles. The first-order valence-corrected chi connectivity index (χ1v) is 6.91. The van der Waals surface area contributed by atoms with Gasteiger partial charge in [0, 0.05) is 26.2 Å². The number of nitrogens with zero attached hydrogens (tertiary/aromatic N) is 4. The van der Waals surface area contributed by atoms with Crippen LogP contribution in [0.4, 0.5) is 4.79 Å². The fraction of sp³-hybridized carbons (Fsp3) is 0.769. The third-order valence-corrected chi connectivity index (χ3v) is 4.06. The van der Waals surface area contributed by atoms with Crippen LogP contribution in [0, 0.1) is 0 Å². The molecule has 0 saturated carbocycles. The van der Waals surface area contributed by atoms with Crippen molar-refractivity contribution in [1.29, 1.82) is 0 Å². The first-order chi connectivity index (χ1) is 8.62. The first kappa shape index (κ1) is 13.1. The molecule has 2 heterocycles. The summed E-state index contributed by atoms with van der Waals surface area (Å²) in [4.78, 5) is 20.8. The van der Waals surface area contributed by atoms with Gasteiger partial charge in [-0.3, -0.25) is 0 Å². The van der Waals surface area contributed by atoms with Gasteiger partial charge in [0.15, 0.2) is 0 Å². The van der Waals surface area contributed by atoms with Crippen molar-refractivity contribution in [1.82, 2.24) is 19.6 Å². The summed E-state index contributed by atoms with van der Waals surface area (Å²) in [6.45, 7) is 15.8. The van der Waals surface area contributed by atoms with E-state index in [1.807, 2.05) is 23.6 Å². The molecule has 102 valence electrons. The van der Waals surface area contributed by atoms with E-state index in [-0.39, 0.29) is 18.4 Å². The van der Waals surface area contributed by atoms with Crippen molar-refractivity contribution in [3.63, 3.8) is 0 Å². The fourth-order valence-electron chi connectivity index (χ4n) is 3.23. The number of urea groups is 1. The molecule has 0 N–H and O–H groups in total. The van der Waals surface area contributed by atoms with E-state index in [1.165, 1.54) is 0 Å². The topological polar surface area (TPSA) is 30.0 Å². The number of carbonyl (C=O) groups is 1. The first-order valence-electron chi connectivity index (χ1n) is 6.91. The lowest BCUT2D eigenvalue weighted by molar-refractivity contribution is 0.134. The van der Waals surface area contributed by atoms with Gasteiger partial charge in [-0.2, -0.15) is 0 Å². The van der Waals surface area contributed by atoms with Gasteiger partial charge in [-0.15, -0.1) is 0 Å². The second-order valence-corrected chi connectivity index (χ2v) is 4.67. The third kappa shape index (κ3) is 1.49. The van der Waals surface area contributed by atoms with E-state index < -0.39 is 0 Å². The summed E-state index contributed by atoms with van der Waals surface area (Å²) in [5, 5.41) is 0. The molecule has 2 fully saturated rings. The number of rotatable bonds is 4. The summed E-state index contributed by atoms with van der Waals surface area (Å²) < 4.78 is 0. The molecule has 0 radical (unpaired) electrons. The van der Waals surface area contributed by atoms with Crippen molar-refractivity contribution >= 4 is 6.03 Å². The molecule has 0 aromatic heterocycles. The van der Waals surface area contributed by atoms with Crippen LogP contribution in [0.2, 0.25) is 0 Å². The molecule has 18 heavy (non-hydrogen) atoms. The average Bonchev–Trinajstić information content (AvgIpc) is 2.78. The van der Waals surface area contributed by atoms with Gasteiger partial charge in [-0.05, 0) is 27.7 Å². The maximum Gasteiger partial charge on any atom is 0.323 e. The number of fused-ring (bicyclic) bond motifs is 1. The van der Waals surface area contributed by atoms with Crippen molar-refractivity contribution in [2.24, 2.45) is 0 Å². The predicted molar refractivity (Wildman–Crippen MR) is 71.6 cm³/mol. The molecular formula is C13H24N4O. The summed E-state index contributed by atoms with van der Waals surface area (Å²) in [6, 6.07) is 0.152. The highest BCUT2D eigenvalue weighted by molar-refractivity contribution is 5.78. The number of carbonyl (C=O) groups excluding carboxylic acids is 1. The normalized spacial score (nSPS) is 27.6. The second-order valence-electron chi connectivity index (χ2n) is 4.67. The molecule has 2 unspecified atom stereocenters. The lowest BCUT2D eigenvalue weighted by Gasteiger charge is -2.31. The van der Waals surface area contributed by atoms with E-state index in [9.17, 15) is 4.79 Å². The van der Waals surface area contributed by atoms with Gasteiger partial charge >= 0.3 is 6.03 Å². The molecule has 2 aliphatic heterocycles. The van der Waals surface area contributed by atoms with Gasteiger partial charge in [-0.1, -0.05) is 6.58 Å². The largest absolute Gasteiger partial charge is 0.335 e. The van der Waals surface area contributed by atoms with Gasteiger partial charge in [0.2, 0.25) is 0 Å². The summed E-state index contributed by atoms with van der Waals surface area (Å²) >= 11 is 0. The van der Waals surface area contributed by atoms with Gasteiger partial charge in [0.25, 0.3) is 0 Å². The van der Waals surface area contributed by atoms with Crippen molar-refractivity contribution in [2.75, 3.05) is 26.2 Å². The standard InChI is InChI=1S/C13H24N4O/c1-6-14-10(5)15(7-2)12-11(14)16(8-3)13(18)17(12)9-4/h11-12H,5-9H2,1-4H3. The van der Waals surface area contributed by atoms with E-state index in [0.717, 1.165) is 32.0 Å². The summed E-state index contributed by atoms with van der Waals surface area (Å²) in [5.74, 6) is 1.04. The van der Waals surface area contributed by atoms with Gasteiger partial charge in [-0.25, -0.2) is 4.79 Å². The molecule has 2 amide bonds. The van der Waals surface area contributed by atoms with Crippen LogP contribution in [0.5, 0.6) is 0 Å². The van der Waals surface area contributed by atoms with Crippen LogP contribution in [0.25, 0.3) is 0 Å². The van der Waals surface area contributed by atoms with Crippen LogP contribution in [-0.2, 0) is 0 Å². The van der Waals surface area contributed by atoms with E-state index in [1.54, 1.807) is 0 Å². The molecule has 2 rings (SSSR count). The highest BCUT2D eigenvalue weighted by atomic mass is 16.2.